The first-order chi connectivity index (χ1) is 23.9. The number of methoxy groups -OCH3 is 2. The van der Waals surface area contributed by atoms with Gasteiger partial charge in [0.05, 0.1) is 32.3 Å². The Morgan fingerprint density at radius 3 is 2.24 bits per heavy atom. The quantitative estimate of drug-likeness (QED) is 0.247. The van der Waals surface area contributed by atoms with E-state index in [1.165, 1.54) is 19.2 Å². The molecule has 0 aromatic heterocycles. The van der Waals surface area contributed by atoms with Gasteiger partial charge in [-0.25, -0.2) is 4.39 Å². The molecule has 4 atom stereocenters. The van der Waals surface area contributed by atoms with Gasteiger partial charge in [0.15, 0.2) is 0 Å². The van der Waals surface area contributed by atoms with E-state index in [2.05, 4.69) is 0 Å². The molecule has 1 aliphatic carbocycles. The summed E-state index contributed by atoms with van der Waals surface area (Å²) >= 11 is 0. The number of aliphatic hydroxyl groups is 1. The van der Waals surface area contributed by atoms with Crippen LogP contribution < -0.4 is 9.64 Å². The van der Waals surface area contributed by atoms with Crippen molar-refractivity contribution in [2.24, 2.45) is 11.8 Å². The summed E-state index contributed by atoms with van der Waals surface area (Å²) in [5.74, 6) is -1.80. The number of amides is 1. The van der Waals surface area contributed by atoms with Crippen LogP contribution in [-0.2, 0) is 20.5 Å². The maximum Gasteiger partial charge on any atom is 0.416 e. The molecular formula is C38H49F4N3O5. The van der Waals surface area contributed by atoms with Crippen molar-refractivity contribution in [3.05, 3.63) is 59.2 Å². The zero-order valence-electron chi connectivity index (χ0n) is 29.2. The summed E-state index contributed by atoms with van der Waals surface area (Å²) in [6.07, 6.45) is 0.353. The molecule has 274 valence electrons. The van der Waals surface area contributed by atoms with Crippen molar-refractivity contribution in [1.29, 1.82) is 0 Å². The van der Waals surface area contributed by atoms with Crippen LogP contribution in [0, 0.1) is 11.8 Å². The first-order valence-corrected chi connectivity index (χ1v) is 17.9. The molecule has 1 amide bonds. The van der Waals surface area contributed by atoms with Gasteiger partial charge in [0, 0.05) is 62.3 Å². The van der Waals surface area contributed by atoms with Crippen molar-refractivity contribution in [2.45, 2.75) is 81.1 Å². The number of benzene rings is 2. The number of piperidine rings is 1. The van der Waals surface area contributed by atoms with Gasteiger partial charge in [-0.05, 0) is 67.0 Å². The Labute approximate surface area is 291 Å². The van der Waals surface area contributed by atoms with Crippen molar-refractivity contribution in [2.75, 3.05) is 65.0 Å². The summed E-state index contributed by atoms with van der Waals surface area (Å²) in [6, 6.07) is 10.9. The van der Waals surface area contributed by atoms with Crippen molar-refractivity contribution in [3.63, 3.8) is 0 Å². The number of aliphatic hydroxyl groups excluding tert-OH is 1. The molecule has 2 aromatic carbocycles. The zero-order valence-corrected chi connectivity index (χ0v) is 29.2. The summed E-state index contributed by atoms with van der Waals surface area (Å²) in [6.45, 7) is 3.28. The van der Waals surface area contributed by atoms with Gasteiger partial charge in [-0.2, -0.15) is 13.2 Å². The number of likely N-dealkylation sites (tertiary alicyclic amines) is 2. The van der Waals surface area contributed by atoms with E-state index in [-0.39, 0.29) is 56.5 Å². The fourth-order valence-corrected chi connectivity index (χ4v) is 9.10. The Kier molecular flexibility index (Phi) is 10.4. The van der Waals surface area contributed by atoms with Crippen LogP contribution in [0.5, 0.6) is 5.75 Å². The number of hydrogen-bond acceptors (Lipinski definition) is 7. The largest absolute Gasteiger partial charge is 0.497 e. The first-order valence-electron chi connectivity index (χ1n) is 17.9. The molecule has 50 heavy (non-hydrogen) atoms. The lowest BCUT2D eigenvalue weighted by Crippen LogP contribution is -2.53. The van der Waals surface area contributed by atoms with E-state index < -0.39 is 34.8 Å². The monoisotopic (exact) mass is 703 g/mol. The fraction of sp³-hybridized carbons (Fsp3) is 0.632. The highest BCUT2D eigenvalue weighted by atomic mass is 19.4. The van der Waals surface area contributed by atoms with E-state index in [1.54, 1.807) is 36.3 Å². The summed E-state index contributed by atoms with van der Waals surface area (Å²) < 4.78 is 70.1. The molecule has 2 aromatic rings. The van der Waals surface area contributed by atoms with Gasteiger partial charge in [-0.1, -0.05) is 44.4 Å². The van der Waals surface area contributed by atoms with Gasteiger partial charge >= 0.3 is 12.1 Å². The molecule has 0 radical (unpaired) electrons. The summed E-state index contributed by atoms with van der Waals surface area (Å²) in [5, 5.41) is 10.5. The smallest absolute Gasteiger partial charge is 0.416 e. The van der Waals surface area contributed by atoms with E-state index in [4.69, 9.17) is 9.47 Å². The topological polar surface area (TPSA) is 82.6 Å². The van der Waals surface area contributed by atoms with E-state index >= 15 is 4.39 Å². The van der Waals surface area contributed by atoms with Gasteiger partial charge in [0.1, 0.15) is 5.75 Å². The second-order valence-corrected chi connectivity index (χ2v) is 14.7. The second-order valence-electron chi connectivity index (χ2n) is 14.7. The molecule has 1 saturated carbocycles. The average molecular weight is 704 g/mol. The molecule has 1 N–H and O–H groups in total. The van der Waals surface area contributed by atoms with Gasteiger partial charge in [0.25, 0.3) is 5.91 Å². The normalized spacial score (nSPS) is 27.6. The minimum absolute atomic E-state index is 0.0961. The van der Waals surface area contributed by atoms with Crippen molar-refractivity contribution >= 4 is 17.6 Å². The van der Waals surface area contributed by atoms with E-state index in [1.807, 2.05) is 16.7 Å². The number of ether oxygens (including phenoxy) is 2. The van der Waals surface area contributed by atoms with Crippen LogP contribution in [0.1, 0.15) is 80.4 Å². The number of hydrogen-bond donors (Lipinski definition) is 1. The van der Waals surface area contributed by atoms with Gasteiger partial charge in [-0.3, -0.25) is 14.5 Å². The lowest BCUT2D eigenvalue weighted by molar-refractivity contribution is -0.146. The van der Waals surface area contributed by atoms with E-state index in [0.29, 0.717) is 54.9 Å². The molecule has 8 nitrogen and oxygen atoms in total. The second kappa shape index (κ2) is 14.3. The van der Waals surface area contributed by atoms with Crippen LogP contribution >= 0.6 is 0 Å². The lowest BCUT2D eigenvalue weighted by atomic mass is 9.84. The van der Waals surface area contributed by atoms with Crippen molar-refractivity contribution in [1.82, 2.24) is 9.80 Å². The molecule has 4 fully saturated rings. The number of alkyl halides is 4. The van der Waals surface area contributed by atoms with Gasteiger partial charge < -0.3 is 24.4 Å². The number of carbonyl (C=O) groups excluding carboxylic acids is 2. The predicted octanol–water partition coefficient (Wildman–Crippen LogP) is 6.17. The molecule has 3 saturated heterocycles. The zero-order chi connectivity index (χ0) is 35.8. The van der Waals surface area contributed by atoms with E-state index in [9.17, 15) is 27.9 Å². The number of halogens is 4. The lowest BCUT2D eigenvalue weighted by Gasteiger charge is -2.37. The highest BCUT2D eigenvalue weighted by Gasteiger charge is 2.60. The molecule has 6 rings (SSSR count). The number of anilines is 1. The van der Waals surface area contributed by atoms with Crippen LogP contribution in [0.4, 0.5) is 23.2 Å². The Balaban J connectivity index is 1.31. The maximum absolute atomic E-state index is 17.8. The third-order valence-corrected chi connectivity index (χ3v) is 12.1. The Morgan fingerprint density at radius 2 is 1.66 bits per heavy atom. The van der Waals surface area contributed by atoms with Crippen LogP contribution in [0.2, 0.25) is 0 Å². The Morgan fingerprint density at radius 1 is 0.980 bits per heavy atom. The molecule has 3 aliphatic heterocycles. The first kappa shape index (κ1) is 36.4. The number of nitrogens with zero attached hydrogens (tertiary/aromatic N) is 3. The van der Waals surface area contributed by atoms with Gasteiger partial charge in [0.2, 0.25) is 5.67 Å². The van der Waals surface area contributed by atoms with Gasteiger partial charge in [-0.15, -0.1) is 0 Å². The standard InChI is InChI=1S/C38H49F4N3O5/c1-4-25-20-44(21-31(25)30-12-9-28(38(40,41)42)19-33(30)43-17-13-27(14-18-43)34(47)50-3)35(48)37(39)23-45(36(24-46)15-5-6-16-36)22-32(37)26-7-10-29(49-2)11-8-26/h7-12,19,25,27,31-32,46H,4-6,13-18,20-24H2,1-3H3/t25-,31-,32-,37-/m0/s1. The number of carbonyl (C=O) groups is 2. The molecule has 0 bridgehead atoms. The van der Waals surface area contributed by atoms with Crippen LogP contribution in [0.25, 0.3) is 0 Å². The van der Waals surface area contributed by atoms with Crippen LogP contribution in [0.15, 0.2) is 42.5 Å². The maximum atomic E-state index is 17.8. The fourth-order valence-electron chi connectivity index (χ4n) is 9.10. The predicted molar refractivity (Wildman–Crippen MR) is 181 cm³/mol. The Hall–Kier alpha value is -3.38. The highest BCUT2D eigenvalue weighted by molar-refractivity contribution is 5.88. The van der Waals surface area contributed by atoms with Crippen molar-refractivity contribution in [3.8, 4) is 5.75 Å². The highest BCUT2D eigenvalue weighted by Crippen LogP contribution is 2.49. The molecule has 3 heterocycles. The summed E-state index contributed by atoms with van der Waals surface area (Å²) in [7, 11) is 2.89. The Bertz CT molecular complexity index is 1520. The molecule has 12 heteroatoms. The molecule has 0 spiro atoms. The number of rotatable bonds is 9. The molecular weight excluding hydrogens is 654 g/mol. The molecule has 0 unspecified atom stereocenters. The van der Waals surface area contributed by atoms with E-state index in [0.717, 1.165) is 31.7 Å². The van der Waals surface area contributed by atoms with Crippen molar-refractivity contribution < 1.29 is 41.7 Å². The minimum atomic E-state index is -4.55. The third kappa shape index (κ3) is 6.69. The van der Waals surface area contributed by atoms with Crippen LogP contribution in [0.3, 0.4) is 0 Å². The van der Waals surface area contributed by atoms with Crippen LogP contribution in [-0.4, -0.2) is 98.1 Å². The average Bonchev–Trinajstić information content (AvgIpc) is 3.88. The minimum Gasteiger partial charge on any atom is -0.497 e. The summed E-state index contributed by atoms with van der Waals surface area (Å²) in [4.78, 5) is 32.3. The number of esters is 1. The third-order valence-electron chi connectivity index (χ3n) is 12.1. The summed E-state index contributed by atoms with van der Waals surface area (Å²) in [5.41, 5.74) is -1.77. The molecule has 4 aliphatic rings. The SMILES string of the molecule is CC[C@H]1CN(C(=O)[C@]2(F)CN(C3(CO)CCCC3)C[C@H]2c2ccc(OC)cc2)C[C@@H]1c1ccc(C(F)(F)F)cc1N1CCC(C(=O)OC)CC1.